The van der Waals surface area contributed by atoms with E-state index < -0.39 is 5.54 Å². The van der Waals surface area contributed by atoms with E-state index in [2.05, 4.69) is 28.2 Å². The Morgan fingerprint density at radius 2 is 2.26 bits per heavy atom. The quantitative estimate of drug-likeness (QED) is 0.851. The number of methoxy groups -OCH3 is 1. The lowest BCUT2D eigenvalue weighted by Gasteiger charge is -2.34. The van der Waals surface area contributed by atoms with Gasteiger partial charge in [0.15, 0.2) is 0 Å². The fourth-order valence-electron chi connectivity index (χ4n) is 3.10. The highest BCUT2D eigenvalue weighted by atomic mass is 79.9. The van der Waals surface area contributed by atoms with E-state index in [1.807, 2.05) is 24.3 Å². The number of ether oxygens (including phenoxy) is 1. The predicted molar refractivity (Wildman–Crippen MR) is 80.1 cm³/mol. The molecule has 1 saturated carbocycles. The first-order valence-electron chi connectivity index (χ1n) is 6.75. The van der Waals surface area contributed by atoms with Crippen LogP contribution in [-0.2, 0) is 9.53 Å². The Bertz CT molecular complexity index is 463. The molecule has 1 aromatic rings. The Labute approximate surface area is 122 Å². The number of para-hydroxylation sites is 1. The zero-order chi connectivity index (χ0) is 13.9. The maximum absolute atomic E-state index is 12.3. The SMILES string of the molecule is CCC1CCCC1(Nc1ccccc1Br)C(=O)OC. The minimum Gasteiger partial charge on any atom is -0.467 e. The Morgan fingerprint density at radius 3 is 2.89 bits per heavy atom. The highest BCUT2D eigenvalue weighted by Gasteiger charge is 2.49. The van der Waals surface area contributed by atoms with E-state index in [-0.39, 0.29) is 5.97 Å². The van der Waals surface area contributed by atoms with E-state index in [0.29, 0.717) is 5.92 Å². The molecule has 0 saturated heterocycles. The molecule has 2 rings (SSSR count). The van der Waals surface area contributed by atoms with Crippen molar-refractivity contribution in [3.63, 3.8) is 0 Å². The second-order valence-corrected chi connectivity index (χ2v) is 5.92. The van der Waals surface area contributed by atoms with Gasteiger partial charge < -0.3 is 10.1 Å². The number of benzene rings is 1. The number of nitrogens with one attached hydrogen (secondary N) is 1. The van der Waals surface area contributed by atoms with Crippen LogP contribution in [0.1, 0.15) is 32.6 Å². The van der Waals surface area contributed by atoms with Crippen LogP contribution < -0.4 is 5.32 Å². The van der Waals surface area contributed by atoms with Crippen molar-refractivity contribution in [2.75, 3.05) is 12.4 Å². The van der Waals surface area contributed by atoms with Crippen LogP contribution in [0.3, 0.4) is 0 Å². The van der Waals surface area contributed by atoms with E-state index in [1.54, 1.807) is 0 Å². The molecule has 1 aliphatic carbocycles. The molecule has 0 radical (unpaired) electrons. The molecule has 104 valence electrons. The maximum Gasteiger partial charge on any atom is 0.331 e. The molecule has 4 heteroatoms. The van der Waals surface area contributed by atoms with Crippen molar-refractivity contribution in [1.29, 1.82) is 0 Å². The molecule has 3 nitrogen and oxygen atoms in total. The molecule has 0 heterocycles. The van der Waals surface area contributed by atoms with Crippen LogP contribution in [0.15, 0.2) is 28.7 Å². The molecule has 0 amide bonds. The second-order valence-electron chi connectivity index (χ2n) is 5.07. The minimum absolute atomic E-state index is 0.146. The molecule has 0 bridgehead atoms. The van der Waals surface area contributed by atoms with Crippen LogP contribution in [0.25, 0.3) is 0 Å². The Balaban J connectivity index is 2.34. The number of carbonyl (C=O) groups excluding carboxylic acids is 1. The van der Waals surface area contributed by atoms with Gasteiger partial charge in [-0.1, -0.05) is 31.9 Å². The van der Waals surface area contributed by atoms with Gasteiger partial charge in [-0.2, -0.15) is 0 Å². The summed E-state index contributed by atoms with van der Waals surface area (Å²) in [6, 6.07) is 7.89. The summed E-state index contributed by atoms with van der Waals surface area (Å²) in [5.74, 6) is 0.180. The van der Waals surface area contributed by atoms with E-state index in [0.717, 1.165) is 35.8 Å². The summed E-state index contributed by atoms with van der Waals surface area (Å²) in [6.45, 7) is 2.13. The van der Waals surface area contributed by atoms with Crippen LogP contribution in [-0.4, -0.2) is 18.6 Å². The summed E-state index contributed by atoms with van der Waals surface area (Å²) in [6.07, 6.45) is 3.94. The first-order valence-corrected chi connectivity index (χ1v) is 7.54. The number of hydrogen-bond acceptors (Lipinski definition) is 3. The van der Waals surface area contributed by atoms with Gasteiger partial charge in [-0.15, -0.1) is 0 Å². The fraction of sp³-hybridized carbons (Fsp3) is 0.533. The molecule has 2 unspecified atom stereocenters. The van der Waals surface area contributed by atoms with Crippen LogP contribution >= 0.6 is 15.9 Å². The molecule has 0 aromatic heterocycles. The van der Waals surface area contributed by atoms with Gasteiger partial charge in [0.1, 0.15) is 5.54 Å². The first kappa shape index (κ1) is 14.4. The van der Waals surface area contributed by atoms with Gasteiger partial charge in [-0.25, -0.2) is 4.79 Å². The Hall–Kier alpha value is -1.03. The smallest absolute Gasteiger partial charge is 0.331 e. The van der Waals surface area contributed by atoms with Crippen LogP contribution in [0.2, 0.25) is 0 Å². The lowest BCUT2D eigenvalue weighted by atomic mass is 9.84. The first-order chi connectivity index (χ1) is 9.14. The molecule has 1 N–H and O–H groups in total. The van der Waals surface area contributed by atoms with Gasteiger partial charge in [-0.3, -0.25) is 0 Å². The van der Waals surface area contributed by atoms with Crippen molar-refractivity contribution in [2.45, 2.75) is 38.1 Å². The summed E-state index contributed by atoms with van der Waals surface area (Å²) in [4.78, 5) is 12.3. The zero-order valence-electron chi connectivity index (χ0n) is 11.4. The molecule has 0 aliphatic heterocycles. The third-order valence-electron chi connectivity index (χ3n) is 4.09. The van der Waals surface area contributed by atoms with Crippen molar-refractivity contribution >= 4 is 27.6 Å². The van der Waals surface area contributed by atoms with Gasteiger partial charge >= 0.3 is 5.97 Å². The standard InChI is InChI=1S/C15H20BrNO2/c1-3-11-7-6-10-15(11,14(18)19-2)17-13-9-5-4-8-12(13)16/h4-5,8-9,11,17H,3,6-7,10H2,1-2H3. The molecule has 0 spiro atoms. The lowest BCUT2D eigenvalue weighted by molar-refractivity contribution is -0.147. The topological polar surface area (TPSA) is 38.3 Å². The highest BCUT2D eigenvalue weighted by molar-refractivity contribution is 9.10. The van der Waals surface area contributed by atoms with Gasteiger partial charge in [0, 0.05) is 10.2 Å². The fourth-order valence-corrected chi connectivity index (χ4v) is 3.48. The van der Waals surface area contributed by atoms with E-state index >= 15 is 0 Å². The molecule has 1 aliphatic rings. The molecule has 2 atom stereocenters. The largest absolute Gasteiger partial charge is 0.467 e. The number of halogens is 1. The maximum atomic E-state index is 12.3. The number of esters is 1. The van der Waals surface area contributed by atoms with Crippen molar-refractivity contribution in [2.24, 2.45) is 5.92 Å². The molecule has 1 aromatic carbocycles. The third kappa shape index (κ3) is 2.64. The van der Waals surface area contributed by atoms with Crippen LogP contribution in [0.5, 0.6) is 0 Å². The normalized spacial score (nSPS) is 26.2. The van der Waals surface area contributed by atoms with E-state index in [1.165, 1.54) is 7.11 Å². The van der Waals surface area contributed by atoms with Crippen LogP contribution in [0, 0.1) is 5.92 Å². The molecular weight excluding hydrogens is 306 g/mol. The van der Waals surface area contributed by atoms with Gasteiger partial charge in [0.05, 0.1) is 7.11 Å². The van der Waals surface area contributed by atoms with E-state index in [9.17, 15) is 4.79 Å². The van der Waals surface area contributed by atoms with Crippen molar-refractivity contribution in [3.8, 4) is 0 Å². The summed E-state index contributed by atoms with van der Waals surface area (Å²) in [5.41, 5.74) is 0.376. The average molecular weight is 326 g/mol. The average Bonchev–Trinajstić information content (AvgIpc) is 2.84. The van der Waals surface area contributed by atoms with Crippen molar-refractivity contribution in [3.05, 3.63) is 28.7 Å². The summed E-state index contributed by atoms with van der Waals surface area (Å²) in [7, 11) is 1.47. The summed E-state index contributed by atoms with van der Waals surface area (Å²) >= 11 is 3.53. The number of hydrogen-bond donors (Lipinski definition) is 1. The highest BCUT2D eigenvalue weighted by Crippen LogP contribution is 2.42. The number of anilines is 1. The monoisotopic (exact) mass is 325 g/mol. The predicted octanol–water partition coefficient (Wildman–Crippen LogP) is 3.98. The summed E-state index contributed by atoms with van der Waals surface area (Å²) in [5, 5.41) is 3.45. The van der Waals surface area contributed by atoms with Gasteiger partial charge in [-0.05, 0) is 46.8 Å². The Morgan fingerprint density at radius 1 is 1.53 bits per heavy atom. The number of rotatable bonds is 4. The molecular formula is C15H20BrNO2. The number of carbonyl (C=O) groups is 1. The van der Waals surface area contributed by atoms with Crippen LogP contribution in [0.4, 0.5) is 5.69 Å². The van der Waals surface area contributed by atoms with Gasteiger partial charge in [0.2, 0.25) is 0 Å². The second kappa shape index (κ2) is 5.95. The summed E-state index contributed by atoms with van der Waals surface area (Å²) < 4.78 is 6.04. The lowest BCUT2D eigenvalue weighted by Crippen LogP contribution is -2.50. The third-order valence-corrected chi connectivity index (χ3v) is 4.79. The Kier molecular flexibility index (Phi) is 4.50. The van der Waals surface area contributed by atoms with E-state index in [4.69, 9.17) is 4.74 Å². The molecule has 1 fully saturated rings. The van der Waals surface area contributed by atoms with Gasteiger partial charge in [0.25, 0.3) is 0 Å². The zero-order valence-corrected chi connectivity index (χ0v) is 13.0. The minimum atomic E-state index is -0.576. The molecule has 19 heavy (non-hydrogen) atoms. The van der Waals surface area contributed by atoms with Crippen molar-refractivity contribution in [1.82, 2.24) is 0 Å². The van der Waals surface area contributed by atoms with Crippen molar-refractivity contribution < 1.29 is 9.53 Å².